The average molecular weight is 392 g/mol. The maximum Gasteiger partial charge on any atom is 0.244 e. The van der Waals surface area contributed by atoms with E-state index in [1.165, 1.54) is 12.8 Å². The number of thioether (sulfide) groups is 1. The number of rotatable bonds is 7. The first kappa shape index (κ1) is 20.0. The van der Waals surface area contributed by atoms with Gasteiger partial charge in [0.2, 0.25) is 5.89 Å². The molecule has 1 aliphatic heterocycles. The van der Waals surface area contributed by atoms with Crippen molar-refractivity contribution >= 4 is 11.8 Å². The van der Waals surface area contributed by atoms with Crippen molar-refractivity contribution in [2.75, 3.05) is 27.0 Å². The van der Waals surface area contributed by atoms with Crippen LogP contribution < -0.4 is 9.47 Å². The first-order valence-corrected chi connectivity index (χ1v) is 10.7. The molecule has 1 aliphatic rings. The van der Waals surface area contributed by atoms with Crippen molar-refractivity contribution in [3.63, 3.8) is 0 Å². The van der Waals surface area contributed by atoms with Gasteiger partial charge >= 0.3 is 0 Å². The van der Waals surface area contributed by atoms with E-state index in [2.05, 4.69) is 41.0 Å². The summed E-state index contributed by atoms with van der Waals surface area (Å²) in [6, 6.07) is 4.29. The van der Waals surface area contributed by atoms with Gasteiger partial charge < -0.3 is 14.0 Å². The highest BCUT2D eigenvalue weighted by Gasteiger charge is 2.30. The number of hydrogen-bond donors (Lipinski definition) is 0. The van der Waals surface area contributed by atoms with Crippen molar-refractivity contribution in [3.8, 4) is 11.5 Å². The zero-order valence-electron chi connectivity index (χ0n) is 16.8. The van der Waals surface area contributed by atoms with Crippen molar-refractivity contribution in [1.29, 1.82) is 0 Å². The summed E-state index contributed by atoms with van der Waals surface area (Å²) in [6.07, 6.45) is 5.41. The van der Waals surface area contributed by atoms with Gasteiger partial charge in [-0.3, -0.25) is 4.90 Å². The smallest absolute Gasteiger partial charge is 0.244 e. The molecule has 3 rings (SSSR count). The second-order valence-corrected chi connectivity index (χ2v) is 7.99. The highest BCUT2D eigenvalue weighted by Crippen LogP contribution is 2.38. The Morgan fingerprint density at radius 2 is 2.00 bits per heavy atom. The van der Waals surface area contributed by atoms with Gasteiger partial charge in [-0.05, 0) is 37.8 Å². The van der Waals surface area contributed by atoms with E-state index >= 15 is 0 Å². The van der Waals surface area contributed by atoms with Crippen molar-refractivity contribution < 1.29 is 14.0 Å². The van der Waals surface area contributed by atoms with Crippen LogP contribution in [0.2, 0.25) is 0 Å². The Morgan fingerprint density at radius 3 is 2.63 bits per heavy atom. The minimum atomic E-state index is 0.148. The summed E-state index contributed by atoms with van der Waals surface area (Å²) in [5, 5.41) is 4.16. The molecule has 0 aliphatic carbocycles. The quantitative estimate of drug-likeness (QED) is 0.636. The molecule has 1 saturated heterocycles. The molecule has 27 heavy (non-hydrogen) atoms. The van der Waals surface area contributed by atoms with E-state index in [4.69, 9.17) is 14.0 Å². The van der Waals surface area contributed by atoms with E-state index in [0.717, 1.165) is 53.2 Å². The lowest BCUT2D eigenvalue weighted by molar-refractivity contribution is 0.110. The van der Waals surface area contributed by atoms with Crippen molar-refractivity contribution in [2.45, 2.75) is 56.5 Å². The molecule has 0 saturated carbocycles. The van der Waals surface area contributed by atoms with Gasteiger partial charge in [0, 0.05) is 18.0 Å². The number of aromatic nitrogens is 2. The largest absolute Gasteiger partial charge is 0.496 e. The number of piperidine rings is 1. The number of benzene rings is 1. The second-order valence-electron chi connectivity index (χ2n) is 7.15. The highest BCUT2D eigenvalue weighted by molar-refractivity contribution is 7.98. The van der Waals surface area contributed by atoms with Crippen LogP contribution in [-0.4, -0.2) is 42.1 Å². The lowest BCUT2D eigenvalue weighted by Crippen LogP contribution is -2.33. The van der Waals surface area contributed by atoms with E-state index in [0.29, 0.717) is 0 Å². The monoisotopic (exact) mass is 391 g/mol. The second kappa shape index (κ2) is 8.97. The standard InChI is InChI=1S/C20H29N3O3S/c1-13(2)19-21-20(26-22-19)15-8-6-7-9-23(15)12-14-10-17(25-4)18(27-5)11-16(14)24-3/h10-11,13,15H,6-9,12H2,1-5H3/t15-/m1/s1. The van der Waals surface area contributed by atoms with E-state index in [1.54, 1.807) is 26.0 Å². The van der Waals surface area contributed by atoms with E-state index in [-0.39, 0.29) is 12.0 Å². The Labute approximate surface area is 165 Å². The van der Waals surface area contributed by atoms with E-state index < -0.39 is 0 Å². The first-order chi connectivity index (χ1) is 13.1. The number of methoxy groups -OCH3 is 2. The molecule has 7 heteroatoms. The minimum absolute atomic E-state index is 0.148. The fourth-order valence-electron chi connectivity index (χ4n) is 3.51. The van der Waals surface area contributed by atoms with E-state index in [1.807, 2.05) is 6.26 Å². The van der Waals surface area contributed by atoms with Gasteiger partial charge in [-0.1, -0.05) is 25.4 Å². The summed E-state index contributed by atoms with van der Waals surface area (Å²) in [4.78, 5) is 8.14. The van der Waals surface area contributed by atoms with Gasteiger partial charge in [0.1, 0.15) is 11.5 Å². The summed E-state index contributed by atoms with van der Waals surface area (Å²) in [5.74, 6) is 3.54. The highest BCUT2D eigenvalue weighted by atomic mass is 32.2. The summed E-state index contributed by atoms with van der Waals surface area (Å²) in [5.41, 5.74) is 1.11. The van der Waals surface area contributed by atoms with Crippen LogP contribution in [0.4, 0.5) is 0 Å². The molecule has 0 bridgehead atoms. The summed E-state index contributed by atoms with van der Waals surface area (Å²) in [6.45, 7) is 5.92. The molecule has 2 heterocycles. The molecule has 2 aromatic rings. The molecule has 6 nitrogen and oxygen atoms in total. The predicted octanol–water partition coefficient (Wildman–Crippen LogP) is 4.66. The summed E-state index contributed by atoms with van der Waals surface area (Å²) < 4.78 is 16.8. The van der Waals surface area contributed by atoms with Gasteiger partial charge in [-0.15, -0.1) is 11.8 Å². The maximum atomic E-state index is 5.66. The zero-order chi connectivity index (χ0) is 19.4. The van der Waals surface area contributed by atoms with Gasteiger partial charge in [0.25, 0.3) is 0 Å². The molecule has 1 atom stereocenters. The molecule has 1 fully saturated rings. The number of likely N-dealkylation sites (tertiary alicyclic amines) is 1. The topological polar surface area (TPSA) is 60.6 Å². The lowest BCUT2D eigenvalue weighted by atomic mass is 10.0. The molecular formula is C20H29N3O3S. The van der Waals surface area contributed by atoms with Crippen LogP contribution >= 0.6 is 11.8 Å². The van der Waals surface area contributed by atoms with Gasteiger partial charge in [0.05, 0.1) is 25.2 Å². The average Bonchev–Trinajstić information content (AvgIpc) is 3.18. The minimum Gasteiger partial charge on any atom is -0.496 e. The molecule has 1 aromatic carbocycles. The third kappa shape index (κ3) is 4.41. The Balaban J connectivity index is 1.87. The van der Waals surface area contributed by atoms with Crippen LogP contribution in [0.15, 0.2) is 21.6 Å². The SMILES string of the molecule is COc1cc(SC)c(OC)cc1CN1CCCC[C@@H]1c1nc(C(C)C)no1. The Morgan fingerprint density at radius 1 is 1.22 bits per heavy atom. The van der Waals surface area contributed by atoms with Crippen molar-refractivity contribution in [2.24, 2.45) is 0 Å². The van der Waals surface area contributed by atoms with Crippen molar-refractivity contribution in [1.82, 2.24) is 15.0 Å². The molecule has 0 unspecified atom stereocenters. The number of ether oxygens (including phenoxy) is 2. The number of nitrogens with zero attached hydrogens (tertiary/aromatic N) is 3. The predicted molar refractivity (Wildman–Crippen MR) is 107 cm³/mol. The van der Waals surface area contributed by atoms with E-state index in [9.17, 15) is 0 Å². The Hall–Kier alpha value is -1.73. The van der Waals surface area contributed by atoms with Crippen LogP contribution in [0.1, 0.15) is 62.3 Å². The molecule has 0 N–H and O–H groups in total. The van der Waals surface area contributed by atoms with Crippen LogP contribution in [0.25, 0.3) is 0 Å². The molecule has 0 amide bonds. The lowest BCUT2D eigenvalue weighted by Gasteiger charge is -2.33. The molecular weight excluding hydrogens is 362 g/mol. The fourth-order valence-corrected chi connectivity index (χ4v) is 4.08. The number of hydrogen-bond acceptors (Lipinski definition) is 7. The van der Waals surface area contributed by atoms with Gasteiger partial charge in [-0.25, -0.2) is 0 Å². The molecule has 0 spiro atoms. The van der Waals surface area contributed by atoms with Crippen LogP contribution in [0.5, 0.6) is 11.5 Å². The van der Waals surface area contributed by atoms with Crippen LogP contribution in [-0.2, 0) is 6.54 Å². The normalized spacial score (nSPS) is 18.1. The fraction of sp³-hybridized carbons (Fsp3) is 0.600. The van der Waals surface area contributed by atoms with Crippen LogP contribution in [0.3, 0.4) is 0 Å². The van der Waals surface area contributed by atoms with Crippen molar-refractivity contribution in [3.05, 3.63) is 29.4 Å². The van der Waals surface area contributed by atoms with Crippen LogP contribution in [0, 0.1) is 0 Å². The third-order valence-corrected chi connectivity index (χ3v) is 5.79. The Bertz CT molecular complexity index is 763. The summed E-state index contributed by atoms with van der Waals surface area (Å²) >= 11 is 1.66. The maximum absolute atomic E-state index is 5.66. The molecule has 0 radical (unpaired) electrons. The molecule has 148 valence electrons. The molecule has 1 aromatic heterocycles. The third-order valence-electron chi connectivity index (χ3n) is 5.03. The van der Waals surface area contributed by atoms with Gasteiger partial charge in [0.15, 0.2) is 5.82 Å². The Kier molecular flexibility index (Phi) is 6.65. The zero-order valence-corrected chi connectivity index (χ0v) is 17.6. The first-order valence-electron chi connectivity index (χ1n) is 9.43. The summed E-state index contributed by atoms with van der Waals surface area (Å²) in [7, 11) is 3.43. The van der Waals surface area contributed by atoms with Gasteiger partial charge in [-0.2, -0.15) is 4.98 Å².